The molecule has 8 nitrogen and oxygen atoms in total. The zero-order valence-corrected chi connectivity index (χ0v) is 10.3. The Morgan fingerprint density at radius 3 is 2.56 bits per heavy atom. The molecular weight excluding hydrogens is 246 g/mol. The quantitative estimate of drug-likeness (QED) is 0.473. The van der Waals surface area contributed by atoms with E-state index < -0.39 is 43.3 Å². The van der Waals surface area contributed by atoms with E-state index in [4.69, 9.17) is 14.6 Å². The number of hydrogen-bond donors (Lipinski definition) is 4. The van der Waals surface area contributed by atoms with E-state index in [0.717, 1.165) is 0 Å². The second-order valence-electron chi connectivity index (χ2n) is 3.83. The molecule has 1 rings (SSSR count). The molecule has 0 aromatic rings. The fraction of sp³-hybridized carbons (Fsp3) is 0.900. The third-order valence-electron chi connectivity index (χ3n) is 2.67. The van der Waals surface area contributed by atoms with Crippen molar-refractivity contribution >= 4 is 6.09 Å². The van der Waals surface area contributed by atoms with Gasteiger partial charge in [0.05, 0.1) is 13.2 Å². The van der Waals surface area contributed by atoms with Crippen LogP contribution in [0.4, 0.5) is 4.79 Å². The van der Waals surface area contributed by atoms with Crippen LogP contribution in [0.2, 0.25) is 0 Å². The van der Waals surface area contributed by atoms with Crippen LogP contribution in [0.15, 0.2) is 0 Å². The highest BCUT2D eigenvalue weighted by Gasteiger charge is 2.45. The first kappa shape index (κ1) is 15.1. The van der Waals surface area contributed by atoms with Gasteiger partial charge >= 0.3 is 6.09 Å². The molecule has 0 unspecified atom stereocenters. The number of hydrogen-bond acceptors (Lipinski definition) is 7. The minimum atomic E-state index is -1.33. The Morgan fingerprint density at radius 1 is 1.39 bits per heavy atom. The molecule has 1 saturated heterocycles. The van der Waals surface area contributed by atoms with Crippen molar-refractivity contribution in [2.75, 3.05) is 20.3 Å². The monoisotopic (exact) mass is 265 g/mol. The van der Waals surface area contributed by atoms with Crippen LogP contribution in [0.25, 0.3) is 0 Å². The minimum absolute atomic E-state index is 0.176. The van der Waals surface area contributed by atoms with Crippen molar-refractivity contribution in [1.82, 2.24) is 5.32 Å². The first-order valence-electron chi connectivity index (χ1n) is 5.63. The van der Waals surface area contributed by atoms with Crippen LogP contribution in [0.5, 0.6) is 0 Å². The standard InChI is InChI=1S/C10H19NO7/c1-3-17-10(15)11-6-8(14)7(13)5(4-12)18-9(6)16-2/h5-9,12-14H,3-4H2,1-2H3,(H,11,15)/t5-,6+,7+,8+,9-/m1/s1. The summed E-state index contributed by atoms with van der Waals surface area (Å²) in [5, 5.41) is 30.9. The number of methoxy groups -OCH3 is 1. The molecule has 5 atom stereocenters. The molecule has 4 N–H and O–H groups in total. The molecule has 1 aliphatic heterocycles. The van der Waals surface area contributed by atoms with E-state index in [2.05, 4.69) is 10.1 Å². The summed E-state index contributed by atoms with van der Waals surface area (Å²) in [6, 6.07) is -0.980. The fourth-order valence-electron chi connectivity index (χ4n) is 1.75. The normalized spacial score (nSPS) is 36.2. The Bertz CT molecular complexity index is 273. The number of ether oxygens (including phenoxy) is 3. The van der Waals surface area contributed by atoms with Crippen LogP contribution in [0, 0.1) is 0 Å². The van der Waals surface area contributed by atoms with Gasteiger partial charge in [0.25, 0.3) is 0 Å². The molecule has 0 aromatic heterocycles. The molecule has 1 aliphatic rings. The van der Waals surface area contributed by atoms with E-state index in [1.807, 2.05) is 0 Å². The van der Waals surface area contributed by atoms with Gasteiger partial charge in [0.15, 0.2) is 6.29 Å². The number of alkyl carbamates (subject to hydrolysis) is 1. The summed E-state index contributed by atoms with van der Waals surface area (Å²) in [6.45, 7) is 1.34. The highest BCUT2D eigenvalue weighted by atomic mass is 16.7. The SMILES string of the molecule is CCOC(=O)N[C@@H]1[C@H](OC)O[C@H](CO)[C@H](O)[C@H]1O. The Labute approximate surface area is 104 Å². The number of carbonyl (C=O) groups excluding carboxylic acids is 1. The van der Waals surface area contributed by atoms with Crippen LogP contribution in [0.1, 0.15) is 6.92 Å². The molecular formula is C10H19NO7. The first-order chi connectivity index (χ1) is 8.54. The smallest absolute Gasteiger partial charge is 0.407 e. The summed E-state index contributed by atoms with van der Waals surface area (Å²) < 4.78 is 14.8. The van der Waals surface area contributed by atoms with Gasteiger partial charge in [-0.15, -0.1) is 0 Å². The molecule has 1 amide bonds. The zero-order chi connectivity index (χ0) is 13.7. The van der Waals surface area contributed by atoms with Crippen molar-refractivity contribution in [3.05, 3.63) is 0 Å². The summed E-state index contributed by atoms with van der Waals surface area (Å²) in [6.07, 6.45) is -5.35. The van der Waals surface area contributed by atoms with Crippen molar-refractivity contribution in [3.8, 4) is 0 Å². The maximum atomic E-state index is 11.3. The third-order valence-corrected chi connectivity index (χ3v) is 2.67. The van der Waals surface area contributed by atoms with Gasteiger partial charge in [-0.25, -0.2) is 4.79 Å². The van der Waals surface area contributed by atoms with Crippen molar-refractivity contribution in [2.24, 2.45) is 0 Å². The van der Waals surface area contributed by atoms with Gasteiger partial charge in [0.1, 0.15) is 24.4 Å². The molecule has 18 heavy (non-hydrogen) atoms. The Balaban J connectivity index is 2.71. The summed E-state index contributed by atoms with van der Waals surface area (Å²) in [5.41, 5.74) is 0. The topological polar surface area (TPSA) is 117 Å². The van der Waals surface area contributed by atoms with Gasteiger partial charge < -0.3 is 34.8 Å². The maximum Gasteiger partial charge on any atom is 0.407 e. The summed E-state index contributed by atoms with van der Waals surface area (Å²) in [7, 11) is 1.32. The number of amides is 1. The van der Waals surface area contributed by atoms with E-state index in [1.54, 1.807) is 6.92 Å². The molecule has 1 heterocycles. The lowest BCUT2D eigenvalue weighted by atomic mass is 9.97. The van der Waals surface area contributed by atoms with Gasteiger partial charge in [-0.3, -0.25) is 0 Å². The second-order valence-corrected chi connectivity index (χ2v) is 3.83. The van der Waals surface area contributed by atoms with Crippen LogP contribution >= 0.6 is 0 Å². The molecule has 0 bridgehead atoms. The molecule has 106 valence electrons. The number of rotatable bonds is 4. The fourth-order valence-corrected chi connectivity index (χ4v) is 1.75. The van der Waals surface area contributed by atoms with Crippen LogP contribution < -0.4 is 5.32 Å². The van der Waals surface area contributed by atoms with Crippen LogP contribution in [0.3, 0.4) is 0 Å². The van der Waals surface area contributed by atoms with Crippen molar-refractivity contribution in [3.63, 3.8) is 0 Å². The Morgan fingerprint density at radius 2 is 2.06 bits per heavy atom. The summed E-state index contributed by atoms with van der Waals surface area (Å²) in [4.78, 5) is 11.3. The summed E-state index contributed by atoms with van der Waals surface area (Å²) >= 11 is 0. The predicted molar refractivity (Wildman–Crippen MR) is 58.7 cm³/mol. The van der Waals surface area contributed by atoms with Crippen molar-refractivity contribution in [1.29, 1.82) is 0 Å². The maximum absolute atomic E-state index is 11.3. The lowest BCUT2D eigenvalue weighted by Crippen LogP contribution is -2.64. The molecule has 1 fully saturated rings. The predicted octanol–water partition coefficient (Wildman–Crippen LogP) is -1.81. The lowest BCUT2D eigenvalue weighted by molar-refractivity contribution is -0.262. The minimum Gasteiger partial charge on any atom is -0.450 e. The molecule has 0 aromatic carbocycles. The molecule has 0 aliphatic carbocycles. The van der Waals surface area contributed by atoms with Gasteiger partial charge in [0, 0.05) is 7.11 Å². The number of aliphatic hydroxyl groups excluding tert-OH is 3. The highest BCUT2D eigenvalue weighted by molar-refractivity contribution is 5.67. The average molecular weight is 265 g/mol. The molecule has 0 spiro atoms. The Hall–Kier alpha value is -0.930. The second kappa shape index (κ2) is 6.86. The van der Waals surface area contributed by atoms with Crippen molar-refractivity contribution < 1.29 is 34.3 Å². The van der Waals surface area contributed by atoms with Crippen LogP contribution in [-0.4, -0.2) is 72.4 Å². The van der Waals surface area contributed by atoms with Gasteiger partial charge in [0.2, 0.25) is 0 Å². The average Bonchev–Trinajstić information content (AvgIpc) is 2.36. The van der Waals surface area contributed by atoms with Gasteiger partial charge in [-0.1, -0.05) is 0 Å². The van der Waals surface area contributed by atoms with E-state index in [-0.39, 0.29) is 6.61 Å². The number of nitrogens with one attached hydrogen (secondary N) is 1. The van der Waals surface area contributed by atoms with E-state index >= 15 is 0 Å². The number of aliphatic hydroxyl groups is 3. The molecule has 8 heteroatoms. The van der Waals surface area contributed by atoms with E-state index in [0.29, 0.717) is 0 Å². The van der Waals surface area contributed by atoms with Gasteiger partial charge in [-0.05, 0) is 6.92 Å². The highest BCUT2D eigenvalue weighted by Crippen LogP contribution is 2.21. The molecule has 0 saturated carbocycles. The largest absolute Gasteiger partial charge is 0.450 e. The zero-order valence-electron chi connectivity index (χ0n) is 10.3. The Kier molecular flexibility index (Phi) is 5.76. The first-order valence-corrected chi connectivity index (χ1v) is 5.63. The molecule has 0 radical (unpaired) electrons. The van der Waals surface area contributed by atoms with E-state index in [1.165, 1.54) is 7.11 Å². The third kappa shape index (κ3) is 3.30. The van der Waals surface area contributed by atoms with Gasteiger partial charge in [-0.2, -0.15) is 0 Å². The van der Waals surface area contributed by atoms with E-state index in [9.17, 15) is 15.0 Å². The lowest BCUT2D eigenvalue weighted by Gasteiger charge is -2.41. The van der Waals surface area contributed by atoms with Crippen LogP contribution in [-0.2, 0) is 14.2 Å². The summed E-state index contributed by atoms with van der Waals surface area (Å²) in [5.74, 6) is 0. The number of carbonyl (C=O) groups is 1. The van der Waals surface area contributed by atoms with Crippen molar-refractivity contribution in [2.45, 2.75) is 37.6 Å².